The summed E-state index contributed by atoms with van der Waals surface area (Å²) in [5.41, 5.74) is 1.66. The quantitative estimate of drug-likeness (QED) is 0.713. The van der Waals surface area contributed by atoms with E-state index in [9.17, 15) is 4.79 Å². The van der Waals surface area contributed by atoms with E-state index in [1.807, 2.05) is 36.3 Å². The summed E-state index contributed by atoms with van der Waals surface area (Å²) in [5.74, 6) is 2.13. The molecule has 1 saturated heterocycles. The summed E-state index contributed by atoms with van der Waals surface area (Å²) in [6.45, 7) is 5.01. The van der Waals surface area contributed by atoms with Gasteiger partial charge in [-0.05, 0) is 31.7 Å². The lowest BCUT2D eigenvalue weighted by molar-refractivity contribution is -0.129. The molecule has 8 heteroatoms. The normalized spacial score (nSPS) is 17.4. The third kappa shape index (κ3) is 3.09. The zero-order valence-corrected chi connectivity index (χ0v) is 14.9. The highest BCUT2D eigenvalue weighted by molar-refractivity contribution is 7.13. The molecule has 0 aromatic carbocycles. The molecule has 4 rings (SSSR count). The van der Waals surface area contributed by atoms with Crippen molar-refractivity contribution < 1.29 is 13.8 Å². The van der Waals surface area contributed by atoms with E-state index in [0.29, 0.717) is 37.0 Å². The van der Waals surface area contributed by atoms with Crippen LogP contribution in [0.15, 0.2) is 26.6 Å². The van der Waals surface area contributed by atoms with Crippen molar-refractivity contribution in [3.63, 3.8) is 0 Å². The predicted molar refractivity (Wildman–Crippen MR) is 91.2 cm³/mol. The highest BCUT2D eigenvalue weighted by Gasteiger charge is 2.31. The van der Waals surface area contributed by atoms with Gasteiger partial charge in [-0.2, -0.15) is 4.98 Å². The molecule has 130 valence electrons. The smallest absolute Gasteiger partial charge is 0.267 e. The number of hydrogen-bond donors (Lipinski definition) is 0. The molecule has 0 bridgehead atoms. The molecule has 4 heterocycles. The minimum atomic E-state index is 0.0823. The van der Waals surface area contributed by atoms with E-state index in [2.05, 4.69) is 15.3 Å². The van der Waals surface area contributed by atoms with Crippen molar-refractivity contribution in [2.45, 2.75) is 32.6 Å². The Balaban J connectivity index is 1.42. The van der Waals surface area contributed by atoms with E-state index in [1.54, 1.807) is 11.3 Å². The molecule has 0 unspecified atom stereocenters. The number of nitrogens with zero attached hydrogens (tertiary/aromatic N) is 4. The zero-order chi connectivity index (χ0) is 17.4. The Labute approximate surface area is 148 Å². The lowest BCUT2D eigenvalue weighted by atomic mass is 10.1. The molecule has 1 fully saturated rings. The van der Waals surface area contributed by atoms with E-state index in [0.717, 1.165) is 22.6 Å². The molecule has 3 aromatic heterocycles. The average molecular weight is 358 g/mol. The van der Waals surface area contributed by atoms with Crippen LogP contribution in [-0.4, -0.2) is 39.2 Å². The van der Waals surface area contributed by atoms with Crippen LogP contribution in [0.4, 0.5) is 0 Å². The van der Waals surface area contributed by atoms with Gasteiger partial charge < -0.3 is 13.9 Å². The molecule has 1 amide bonds. The SMILES string of the molecule is Cc1noc(C)c1CC(=O)N1CC[C@H](c2noc(-c3cccs3)n2)C1. The van der Waals surface area contributed by atoms with Gasteiger partial charge in [-0.25, -0.2) is 0 Å². The van der Waals surface area contributed by atoms with E-state index in [-0.39, 0.29) is 11.8 Å². The summed E-state index contributed by atoms with van der Waals surface area (Å²) in [7, 11) is 0. The molecular formula is C17H18N4O3S. The van der Waals surface area contributed by atoms with E-state index in [1.165, 1.54) is 0 Å². The van der Waals surface area contributed by atoms with Gasteiger partial charge in [0.25, 0.3) is 5.89 Å². The van der Waals surface area contributed by atoms with Gasteiger partial charge in [0.05, 0.1) is 17.0 Å². The first-order chi connectivity index (χ1) is 12.1. The first-order valence-electron chi connectivity index (χ1n) is 8.19. The number of hydrogen-bond acceptors (Lipinski definition) is 7. The zero-order valence-electron chi connectivity index (χ0n) is 14.1. The van der Waals surface area contributed by atoms with Gasteiger partial charge in [-0.15, -0.1) is 11.3 Å². The molecule has 0 spiro atoms. The topological polar surface area (TPSA) is 85.3 Å². The van der Waals surface area contributed by atoms with Crippen molar-refractivity contribution >= 4 is 17.2 Å². The second-order valence-electron chi connectivity index (χ2n) is 6.24. The van der Waals surface area contributed by atoms with Crippen LogP contribution in [0, 0.1) is 13.8 Å². The number of likely N-dealkylation sites (tertiary alicyclic amines) is 1. The van der Waals surface area contributed by atoms with Gasteiger partial charge in [-0.1, -0.05) is 16.4 Å². The van der Waals surface area contributed by atoms with Crippen LogP contribution in [0.5, 0.6) is 0 Å². The van der Waals surface area contributed by atoms with Crippen molar-refractivity contribution in [1.82, 2.24) is 20.2 Å². The first-order valence-corrected chi connectivity index (χ1v) is 9.07. The Morgan fingerprint density at radius 3 is 2.96 bits per heavy atom. The Kier molecular flexibility index (Phi) is 4.12. The van der Waals surface area contributed by atoms with Crippen LogP contribution in [0.2, 0.25) is 0 Å². The number of rotatable bonds is 4. The fourth-order valence-corrected chi connectivity index (χ4v) is 3.76. The molecule has 0 saturated carbocycles. The number of carbonyl (C=O) groups is 1. The molecule has 0 radical (unpaired) electrons. The minimum Gasteiger partial charge on any atom is -0.361 e. The summed E-state index contributed by atoms with van der Waals surface area (Å²) < 4.78 is 10.5. The van der Waals surface area contributed by atoms with E-state index < -0.39 is 0 Å². The van der Waals surface area contributed by atoms with E-state index in [4.69, 9.17) is 9.05 Å². The average Bonchev–Trinajstić information content (AvgIpc) is 3.36. The van der Waals surface area contributed by atoms with Crippen LogP contribution >= 0.6 is 11.3 Å². The van der Waals surface area contributed by atoms with Crippen molar-refractivity contribution in [3.05, 3.63) is 40.4 Å². The number of amides is 1. The Bertz CT molecular complexity index is 864. The third-order valence-corrected chi connectivity index (χ3v) is 5.45. The third-order valence-electron chi connectivity index (χ3n) is 4.59. The second kappa shape index (κ2) is 6.44. The van der Waals surface area contributed by atoms with Gasteiger partial charge in [0, 0.05) is 24.6 Å². The Hall–Kier alpha value is -2.48. The van der Waals surface area contributed by atoms with Crippen LogP contribution in [0.1, 0.15) is 35.2 Å². The molecule has 7 nitrogen and oxygen atoms in total. The number of aryl methyl sites for hydroxylation is 2. The monoisotopic (exact) mass is 358 g/mol. The van der Waals surface area contributed by atoms with Crippen molar-refractivity contribution in [2.75, 3.05) is 13.1 Å². The molecule has 0 N–H and O–H groups in total. The first kappa shape index (κ1) is 16.0. The van der Waals surface area contributed by atoms with Gasteiger partial charge in [0.1, 0.15) is 5.76 Å². The highest BCUT2D eigenvalue weighted by Crippen LogP contribution is 2.29. The summed E-state index contributed by atoms with van der Waals surface area (Å²) in [6, 6.07) is 3.91. The fourth-order valence-electron chi connectivity index (χ4n) is 3.12. The van der Waals surface area contributed by atoms with Gasteiger partial charge in [0.2, 0.25) is 5.91 Å². The molecule has 3 aromatic rings. The lowest BCUT2D eigenvalue weighted by Gasteiger charge is -2.15. The van der Waals surface area contributed by atoms with Crippen LogP contribution in [0.25, 0.3) is 10.8 Å². The highest BCUT2D eigenvalue weighted by atomic mass is 32.1. The Morgan fingerprint density at radius 1 is 1.36 bits per heavy atom. The summed E-state index contributed by atoms with van der Waals surface area (Å²) in [5, 5.41) is 9.99. The van der Waals surface area contributed by atoms with Crippen molar-refractivity contribution in [3.8, 4) is 10.8 Å². The standard InChI is InChI=1S/C17H18N4O3S/c1-10-13(11(2)23-19-10)8-15(22)21-6-5-12(9-21)16-18-17(24-20-16)14-4-3-7-25-14/h3-4,7,12H,5-6,8-9H2,1-2H3/t12-/m0/s1. The molecule has 1 aliphatic rings. The maximum Gasteiger partial charge on any atom is 0.267 e. The maximum atomic E-state index is 12.6. The number of thiophene rings is 1. The maximum absolute atomic E-state index is 12.6. The van der Waals surface area contributed by atoms with Crippen molar-refractivity contribution in [2.24, 2.45) is 0 Å². The minimum absolute atomic E-state index is 0.0823. The van der Waals surface area contributed by atoms with Gasteiger partial charge >= 0.3 is 0 Å². The molecule has 0 aliphatic carbocycles. The Morgan fingerprint density at radius 2 is 2.24 bits per heavy atom. The number of aromatic nitrogens is 3. The lowest BCUT2D eigenvalue weighted by Crippen LogP contribution is -2.30. The largest absolute Gasteiger partial charge is 0.361 e. The predicted octanol–water partition coefficient (Wildman–Crippen LogP) is 2.96. The fraction of sp³-hybridized carbons (Fsp3) is 0.412. The summed E-state index contributed by atoms with van der Waals surface area (Å²) in [4.78, 5) is 19.9. The van der Waals surface area contributed by atoms with Crippen molar-refractivity contribution in [1.29, 1.82) is 0 Å². The summed E-state index contributed by atoms with van der Waals surface area (Å²) >= 11 is 1.57. The summed E-state index contributed by atoms with van der Waals surface area (Å²) in [6.07, 6.45) is 1.16. The second-order valence-corrected chi connectivity index (χ2v) is 7.19. The van der Waals surface area contributed by atoms with Crippen LogP contribution in [0.3, 0.4) is 0 Å². The van der Waals surface area contributed by atoms with Crippen LogP contribution < -0.4 is 0 Å². The molecule has 1 aliphatic heterocycles. The van der Waals surface area contributed by atoms with Gasteiger partial charge in [0.15, 0.2) is 5.82 Å². The molecule has 25 heavy (non-hydrogen) atoms. The van der Waals surface area contributed by atoms with Gasteiger partial charge in [-0.3, -0.25) is 4.79 Å². The number of carbonyl (C=O) groups excluding carboxylic acids is 1. The van der Waals surface area contributed by atoms with E-state index >= 15 is 0 Å². The molecule has 1 atom stereocenters. The van der Waals surface area contributed by atoms with Crippen LogP contribution in [-0.2, 0) is 11.2 Å². The molecular weight excluding hydrogens is 340 g/mol.